The number of amides is 1. The Labute approximate surface area is 125 Å². The summed E-state index contributed by atoms with van der Waals surface area (Å²) in [5, 5.41) is 0. The summed E-state index contributed by atoms with van der Waals surface area (Å²) >= 11 is 0. The monoisotopic (exact) mass is 279 g/mol. The first-order valence-electron chi connectivity index (χ1n) is 8.95. The lowest BCUT2D eigenvalue weighted by Crippen LogP contribution is -2.50. The number of carbonyl (C=O) groups excluding carboxylic acids is 1. The van der Waals surface area contributed by atoms with Crippen LogP contribution in [-0.2, 0) is 4.79 Å². The lowest BCUT2D eigenvalue weighted by atomic mass is 9.78. The molecule has 1 heterocycles. The molecule has 1 aliphatic carbocycles. The first kappa shape index (κ1) is 15.9. The van der Waals surface area contributed by atoms with Gasteiger partial charge in [0.1, 0.15) is 0 Å². The van der Waals surface area contributed by atoms with Gasteiger partial charge in [-0.3, -0.25) is 4.79 Å². The highest BCUT2D eigenvalue weighted by molar-refractivity contribution is 5.79. The molecule has 20 heavy (non-hydrogen) atoms. The fraction of sp³-hybridized carbons (Fsp3) is 0.944. The van der Waals surface area contributed by atoms with E-state index in [0.29, 0.717) is 23.9 Å². The van der Waals surface area contributed by atoms with Crippen LogP contribution in [0.2, 0.25) is 0 Å². The molecule has 2 nitrogen and oxygen atoms in total. The Morgan fingerprint density at radius 1 is 1.00 bits per heavy atom. The van der Waals surface area contributed by atoms with Crippen molar-refractivity contribution in [3.05, 3.63) is 0 Å². The summed E-state index contributed by atoms with van der Waals surface area (Å²) in [6.45, 7) is 6.75. The van der Waals surface area contributed by atoms with Crippen molar-refractivity contribution in [1.82, 2.24) is 4.90 Å². The molecule has 1 amide bonds. The van der Waals surface area contributed by atoms with Crippen molar-refractivity contribution in [2.75, 3.05) is 0 Å². The summed E-state index contributed by atoms with van der Waals surface area (Å²) in [6.07, 6.45) is 12.6. The van der Waals surface area contributed by atoms with Gasteiger partial charge in [-0.2, -0.15) is 0 Å². The molecule has 0 aromatic rings. The summed E-state index contributed by atoms with van der Waals surface area (Å²) in [7, 11) is 0. The second-order valence-corrected chi connectivity index (χ2v) is 7.23. The minimum atomic E-state index is 0.330. The molecule has 0 aromatic carbocycles. The molecule has 0 bridgehead atoms. The molecule has 0 spiro atoms. The quantitative estimate of drug-likeness (QED) is 0.725. The van der Waals surface area contributed by atoms with Crippen molar-refractivity contribution in [3.8, 4) is 0 Å². The molecule has 0 radical (unpaired) electrons. The number of likely N-dealkylation sites (tertiary alicyclic amines) is 1. The van der Waals surface area contributed by atoms with Crippen molar-refractivity contribution in [2.45, 2.75) is 97.1 Å². The molecule has 116 valence electrons. The molecule has 0 aromatic heterocycles. The highest BCUT2D eigenvalue weighted by Gasteiger charge is 2.35. The zero-order valence-corrected chi connectivity index (χ0v) is 13.7. The van der Waals surface area contributed by atoms with Gasteiger partial charge in [-0.25, -0.2) is 0 Å². The van der Waals surface area contributed by atoms with Gasteiger partial charge in [0.25, 0.3) is 0 Å². The van der Waals surface area contributed by atoms with E-state index in [2.05, 4.69) is 25.7 Å². The van der Waals surface area contributed by atoms with Gasteiger partial charge in [0.15, 0.2) is 0 Å². The minimum Gasteiger partial charge on any atom is -0.337 e. The van der Waals surface area contributed by atoms with E-state index >= 15 is 0 Å². The number of unbranched alkanes of at least 4 members (excludes halogenated alkanes) is 1. The Morgan fingerprint density at radius 2 is 1.60 bits per heavy atom. The minimum absolute atomic E-state index is 0.330. The van der Waals surface area contributed by atoms with E-state index < -0.39 is 0 Å². The molecule has 2 fully saturated rings. The van der Waals surface area contributed by atoms with Crippen molar-refractivity contribution in [3.63, 3.8) is 0 Å². The van der Waals surface area contributed by atoms with E-state index in [0.717, 1.165) is 18.8 Å². The Kier molecular flexibility index (Phi) is 5.92. The van der Waals surface area contributed by atoms with Gasteiger partial charge >= 0.3 is 0 Å². The van der Waals surface area contributed by atoms with E-state index in [1.807, 2.05) is 0 Å². The number of hydrogen-bond donors (Lipinski definition) is 0. The van der Waals surface area contributed by atoms with Crippen molar-refractivity contribution >= 4 is 5.91 Å². The van der Waals surface area contributed by atoms with Gasteiger partial charge in [0.05, 0.1) is 0 Å². The maximum atomic E-state index is 12.8. The Morgan fingerprint density at radius 3 is 2.15 bits per heavy atom. The van der Waals surface area contributed by atoms with E-state index in [-0.39, 0.29) is 0 Å². The molecular weight excluding hydrogens is 246 g/mol. The second kappa shape index (κ2) is 7.47. The van der Waals surface area contributed by atoms with E-state index in [9.17, 15) is 4.79 Å². The third-order valence-electron chi connectivity index (χ3n) is 5.61. The Bertz CT molecular complexity index is 297. The van der Waals surface area contributed by atoms with Crippen LogP contribution in [0.25, 0.3) is 0 Å². The first-order valence-corrected chi connectivity index (χ1v) is 8.95. The predicted octanol–water partition coefficient (Wildman–Crippen LogP) is 4.77. The van der Waals surface area contributed by atoms with Crippen LogP contribution >= 0.6 is 0 Å². The van der Waals surface area contributed by atoms with Crippen LogP contribution < -0.4 is 0 Å². The normalized spacial score (nSPS) is 35.0. The van der Waals surface area contributed by atoms with E-state index in [1.54, 1.807) is 0 Å². The molecule has 2 rings (SSSR count). The molecule has 1 saturated carbocycles. The Balaban J connectivity index is 1.84. The maximum Gasteiger partial charge on any atom is 0.226 e. The van der Waals surface area contributed by atoms with Crippen molar-refractivity contribution in [1.29, 1.82) is 0 Å². The van der Waals surface area contributed by atoms with Crippen LogP contribution in [0.5, 0.6) is 0 Å². The lowest BCUT2D eigenvalue weighted by molar-refractivity contribution is -0.143. The fourth-order valence-electron chi connectivity index (χ4n) is 4.26. The molecule has 1 saturated heterocycles. The topological polar surface area (TPSA) is 20.3 Å². The van der Waals surface area contributed by atoms with Crippen molar-refractivity contribution < 1.29 is 4.79 Å². The molecule has 2 heteroatoms. The van der Waals surface area contributed by atoms with Crippen LogP contribution in [0.3, 0.4) is 0 Å². The van der Waals surface area contributed by atoms with Crippen LogP contribution in [0.1, 0.15) is 85.0 Å². The number of rotatable bonds is 4. The summed E-state index contributed by atoms with van der Waals surface area (Å²) in [5.41, 5.74) is 0. The predicted molar refractivity (Wildman–Crippen MR) is 84.6 cm³/mol. The van der Waals surface area contributed by atoms with Gasteiger partial charge in [-0.15, -0.1) is 0 Å². The van der Waals surface area contributed by atoms with Crippen LogP contribution in [0, 0.1) is 11.8 Å². The third kappa shape index (κ3) is 3.77. The van der Waals surface area contributed by atoms with E-state index in [4.69, 9.17) is 0 Å². The molecule has 2 atom stereocenters. The maximum absolute atomic E-state index is 12.8. The standard InChI is InChI=1S/C18H33NO/c1-4-5-9-16-10-12-17(13-11-16)18(20)19-14(2)7-6-8-15(19)3/h14-17H,4-13H2,1-3H3. The van der Waals surface area contributed by atoms with Gasteiger partial charge in [-0.1, -0.05) is 26.2 Å². The highest BCUT2D eigenvalue weighted by atomic mass is 16.2. The number of hydrogen-bond acceptors (Lipinski definition) is 1. The van der Waals surface area contributed by atoms with Crippen LogP contribution in [0.15, 0.2) is 0 Å². The molecule has 0 N–H and O–H groups in total. The second-order valence-electron chi connectivity index (χ2n) is 7.23. The smallest absolute Gasteiger partial charge is 0.226 e. The number of carbonyl (C=O) groups is 1. The van der Waals surface area contributed by atoms with Gasteiger partial charge in [-0.05, 0) is 64.7 Å². The Hall–Kier alpha value is -0.530. The van der Waals surface area contributed by atoms with Gasteiger partial charge in [0.2, 0.25) is 5.91 Å². The summed E-state index contributed by atoms with van der Waals surface area (Å²) < 4.78 is 0. The summed E-state index contributed by atoms with van der Waals surface area (Å²) in [5.74, 6) is 1.70. The zero-order valence-electron chi connectivity index (χ0n) is 13.7. The molecule has 1 aliphatic heterocycles. The third-order valence-corrected chi connectivity index (χ3v) is 5.61. The van der Waals surface area contributed by atoms with Crippen molar-refractivity contribution in [2.24, 2.45) is 11.8 Å². The van der Waals surface area contributed by atoms with Crippen LogP contribution in [-0.4, -0.2) is 22.9 Å². The SMILES string of the molecule is CCCCC1CCC(C(=O)N2C(C)CCCC2C)CC1. The largest absolute Gasteiger partial charge is 0.337 e. The van der Waals surface area contributed by atoms with Crippen LogP contribution in [0.4, 0.5) is 0 Å². The first-order chi connectivity index (χ1) is 9.63. The summed E-state index contributed by atoms with van der Waals surface area (Å²) in [6, 6.07) is 0.924. The number of piperidine rings is 1. The average Bonchev–Trinajstić information content (AvgIpc) is 2.45. The molecule has 2 unspecified atom stereocenters. The van der Waals surface area contributed by atoms with E-state index in [1.165, 1.54) is 51.4 Å². The van der Waals surface area contributed by atoms with Gasteiger partial charge in [0, 0.05) is 18.0 Å². The highest BCUT2D eigenvalue weighted by Crippen LogP contribution is 2.35. The average molecular weight is 279 g/mol. The number of nitrogens with zero attached hydrogens (tertiary/aromatic N) is 1. The van der Waals surface area contributed by atoms with Gasteiger partial charge < -0.3 is 4.90 Å². The lowest BCUT2D eigenvalue weighted by Gasteiger charge is -2.42. The fourth-order valence-corrected chi connectivity index (χ4v) is 4.26. The molecular formula is C18H33NO. The zero-order chi connectivity index (χ0) is 14.5. The summed E-state index contributed by atoms with van der Waals surface area (Å²) in [4.78, 5) is 15.0. The molecule has 2 aliphatic rings.